The van der Waals surface area contributed by atoms with Crippen LogP contribution < -0.4 is 14.2 Å². The second kappa shape index (κ2) is 9.51. The minimum Gasteiger partial charge on any atom is -0.481 e. The van der Waals surface area contributed by atoms with Crippen LogP contribution in [0.25, 0.3) is 22.7 Å². The fourth-order valence-electron chi connectivity index (χ4n) is 2.91. The molecule has 0 aliphatic rings. The standard InChI is InChI=1S/C21H22F3N3O6/c1-5-6-30-18-15-19(27-20(26-18)32-12(4)21(22,23)24)33-17(25-15)13-7-10(2)16(11(3)8-13)31-9-14(28)29/h7-8,12H,5-6,9H2,1-4H3,(H,28,29). The largest absolute Gasteiger partial charge is 0.481 e. The van der Waals surface area contributed by atoms with Gasteiger partial charge in [-0.05, 0) is 50.5 Å². The highest BCUT2D eigenvalue weighted by molar-refractivity contribution is 5.78. The van der Waals surface area contributed by atoms with Crippen molar-refractivity contribution in [2.75, 3.05) is 13.2 Å². The number of halogens is 3. The lowest BCUT2D eigenvalue weighted by atomic mass is 10.1. The summed E-state index contributed by atoms with van der Waals surface area (Å²) in [6.45, 7) is 5.92. The van der Waals surface area contributed by atoms with Crippen LogP contribution in [-0.4, -0.2) is 51.5 Å². The van der Waals surface area contributed by atoms with Crippen LogP contribution in [0.15, 0.2) is 16.5 Å². The number of oxazole rings is 1. The van der Waals surface area contributed by atoms with E-state index in [2.05, 4.69) is 15.0 Å². The Morgan fingerprint density at radius 1 is 1.15 bits per heavy atom. The van der Waals surface area contributed by atoms with Gasteiger partial charge in [-0.15, -0.1) is 0 Å². The molecule has 3 aromatic rings. The first kappa shape index (κ1) is 24.1. The number of carboxylic acid groups (broad SMARTS) is 1. The van der Waals surface area contributed by atoms with Crippen molar-refractivity contribution in [1.29, 1.82) is 0 Å². The number of rotatable bonds is 9. The van der Waals surface area contributed by atoms with Crippen LogP contribution in [0.1, 0.15) is 31.4 Å². The van der Waals surface area contributed by atoms with Gasteiger partial charge in [0.1, 0.15) is 5.75 Å². The zero-order valence-corrected chi connectivity index (χ0v) is 18.3. The smallest absolute Gasteiger partial charge is 0.425 e. The number of hydrogen-bond donors (Lipinski definition) is 1. The van der Waals surface area contributed by atoms with E-state index in [0.29, 0.717) is 28.9 Å². The molecule has 0 aliphatic heterocycles. The number of alkyl halides is 3. The molecule has 0 aliphatic carbocycles. The maximum Gasteiger partial charge on any atom is 0.425 e. The SMILES string of the molecule is CCCOc1nc(OC(C)C(F)(F)F)nc2oc(-c3cc(C)c(OCC(=O)O)c(C)c3)nc12. The van der Waals surface area contributed by atoms with Gasteiger partial charge in [-0.2, -0.15) is 23.1 Å². The summed E-state index contributed by atoms with van der Waals surface area (Å²) in [7, 11) is 0. The molecule has 0 saturated heterocycles. The monoisotopic (exact) mass is 469 g/mol. The van der Waals surface area contributed by atoms with Gasteiger partial charge in [0.05, 0.1) is 6.61 Å². The van der Waals surface area contributed by atoms with Crippen LogP contribution in [0.3, 0.4) is 0 Å². The second-order valence-corrected chi connectivity index (χ2v) is 7.26. The quantitative estimate of drug-likeness (QED) is 0.484. The topological polar surface area (TPSA) is 117 Å². The molecule has 0 radical (unpaired) electrons. The summed E-state index contributed by atoms with van der Waals surface area (Å²) in [6, 6.07) is 2.81. The van der Waals surface area contributed by atoms with Gasteiger partial charge in [-0.25, -0.2) is 9.78 Å². The average molecular weight is 469 g/mol. The molecule has 0 spiro atoms. The van der Waals surface area contributed by atoms with E-state index >= 15 is 0 Å². The summed E-state index contributed by atoms with van der Waals surface area (Å²) in [5.41, 5.74) is 1.84. The molecular formula is C21H22F3N3O6. The zero-order chi connectivity index (χ0) is 24.3. The third-order valence-electron chi connectivity index (χ3n) is 4.44. The van der Waals surface area contributed by atoms with Crippen LogP contribution in [0.4, 0.5) is 13.2 Å². The number of hydrogen-bond acceptors (Lipinski definition) is 8. The van der Waals surface area contributed by atoms with Crippen LogP contribution in [-0.2, 0) is 4.79 Å². The van der Waals surface area contributed by atoms with Gasteiger partial charge in [0.2, 0.25) is 5.89 Å². The first-order chi connectivity index (χ1) is 15.5. The highest BCUT2D eigenvalue weighted by Crippen LogP contribution is 2.34. The van der Waals surface area contributed by atoms with E-state index in [1.54, 1.807) is 26.0 Å². The third-order valence-corrected chi connectivity index (χ3v) is 4.44. The predicted molar refractivity (Wildman–Crippen MR) is 110 cm³/mol. The lowest BCUT2D eigenvalue weighted by Gasteiger charge is -2.16. The van der Waals surface area contributed by atoms with E-state index in [-0.39, 0.29) is 29.6 Å². The fraction of sp³-hybridized carbons (Fsp3) is 0.429. The first-order valence-corrected chi connectivity index (χ1v) is 10.0. The molecule has 0 bridgehead atoms. The fourth-order valence-corrected chi connectivity index (χ4v) is 2.91. The third kappa shape index (κ3) is 5.62. The van der Waals surface area contributed by atoms with Crippen molar-refractivity contribution in [2.24, 2.45) is 0 Å². The van der Waals surface area contributed by atoms with Gasteiger partial charge in [0.25, 0.3) is 11.6 Å². The molecule has 9 nitrogen and oxygen atoms in total. The van der Waals surface area contributed by atoms with Crippen molar-refractivity contribution in [2.45, 2.75) is 46.4 Å². The number of fused-ring (bicyclic) bond motifs is 1. The Bertz CT molecular complexity index is 1140. The highest BCUT2D eigenvalue weighted by Gasteiger charge is 2.39. The molecule has 1 atom stereocenters. The van der Waals surface area contributed by atoms with Crippen molar-refractivity contribution in [3.05, 3.63) is 23.3 Å². The summed E-state index contributed by atoms with van der Waals surface area (Å²) >= 11 is 0. The maximum absolute atomic E-state index is 12.9. The van der Waals surface area contributed by atoms with Crippen molar-refractivity contribution >= 4 is 17.2 Å². The van der Waals surface area contributed by atoms with Gasteiger partial charge < -0.3 is 23.7 Å². The van der Waals surface area contributed by atoms with Gasteiger partial charge in [-0.3, -0.25) is 0 Å². The Morgan fingerprint density at radius 2 is 1.82 bits per heavy atom. The summed E-state index contributed by atoms with van der Waals surface area (Å²) in [4.78, 5) is 23.0. The second-order valence-electron chi connectivity index (χ2n) is 7.26. The Labute approximate surface area is 186 Å². The Morgan fingerprint density at radius 3 is 2.39 bits per heavy atom. The molecule has 2 aromatic heterocycles. The van der Waals surface area contributed by atoms with Crippen molar-refractivity contribution in [1.82, 2.24) is 15.0 Å². The Kier molecular flexibility index (Phi) is 6.94. The van der Waals surface area contributed by atoms with E-state index in [1.807, 2.05) is 6.92 Å². The van der Waals surface area contributed by atoms with Gasteiger partial charge in [0.15, 0.2) is 18.2 Å². The Balaban J connectivity index is 2.02. The van der Waals surface area contributed by atoms with Gasteiger partial charge in [0, 0.05) is 5.56 Å². The molecule has 1 N–H and O–H groups in total. The van der Waals surface area contributed by atoms with Crippen LogP contribution in [0, 0.1) is 13.8 Å². The number of carbonyl (C=O) groups is 1. The number of nitrogens with zero attached hydrogens (tertiary/aromatic N) is 3. The summed E-state index contributed by atoms with van der Waals surface area (Å²) in [5.74, 6) is -0.623. The highest BCUT2D eigenvalue weighted by atomic mass is 19.4. The minimum atomic E-state index is -4.60. The lowest BCUT2D eigenvalue weighted by Crippen LogP contribution is -2.31. The zero-order valence-electron chi connectivity index (χ0n) is 18.3. The molecule has 0 saturated carbocycles. The molecule has 12 heteroatoms. The number of aryl methyl sites for hydroxylation is 2. The van der Waals surface area contributed by atoms with E-state index in [9.17, 15) is 18.0 Å². The molecule has 0 fully saturated rings. The molecular weight excluding hydrogens is 447 g/mol. The molecule has 178 valence electrons. The summed E-state index contributed by atoms with van der Waals surface area (Å²) in [6.07, 6.45) is -6.11. The molecule has 1 aromatic carbocycles. The molecule has 1 unspecified atom stereocenters. The van der Waals surface area contributed by atoms with Crippen molar-refractivity contribution in [3.63, 3.8) is 0 Å². The van der Waals surface area contributed by atoms with E-state index in [4.69, 9.17) is 23.7 Å². The summed E-state index contributed by atoms with van der Waals surface area (Å²) in [5, 5.41) is 8.83. The van der Waals surface area contributed by atoms with E-state index in [1.165, 1.54) is 0 Å². The minimum absolute atomic E-state index is 0.0592. The van der Waals surface area contributed by atoms with Crippen LogP contribution in [0.2, 0.25) is 0 Å². The van der Waals surface area contributed by atoms with Crippen molar-refractivity contribution < 1.29 is 41.7 Å². The molecule has 0 amide bonds. The van der Waals surface area contributed by atoms with E-state index < -0.39 is 30.9 Å². The van der Waals surface area contributed by atoms with Crippen molar-refractivity contribution in [3.8, 4) is 29.1 Å². The Hall–Kier alpha value is -3.57. The summed E-state index contributed by atoms with van der Waals surface area (Å²) < 4.78 is 60.1. The van der Waals surface area contributed by atoms with Gasteiger partial charge >= 0.3 is 18.2 Å². The number of benzene rings is 1. The number of aromatic nitrogens is 3. The average Bonchev–Trinajstić information content (AvgIpc) is 3.14. The number of aliphatic carboxylic acids is 1. The van der Waals surface area contributed by atoms with E-state index in [0.717, 1.165) is 6.92 Å². The number of ether oxygens (including phenoxy) is 3. The molecule has 33 heavy (non-hydrogen) atoms. The van der Waals surface area contributed by atoms with Crippen LogP contribution in [0.5, 0.6) is 17.6 Å². The molecule has 2 heterocycles. The maximum atomic E-state index is 12.9. The van der Waals surface area contributed by atoms with Gasteiger partial charge in [-0.1, -0.05) is 6.92 Å². The normalized spacial score (nSPS) is 12.6. The lowest BCUT2D eigenvalue weighted by molar-refractivity contribution is -0.190. The first-order valence-electron chi connectivity index (χ1n) is 10.0. The predicted octanol–water partition coefficient (Wildman–Crippen LogP) is 4.48. The molecule has 3 rings (SSSR count). The number of carboxylic acids is 1. The van der Waals surface area contributed by atoms with Crippen LogP contribution >= 0.6 is 0 Å².